The van der Waals surface area contributed by atoms with E-state index in [2.05, 4.69) is 266 Å². The lowest BCUT2D eigenvalue weighted by Crippen LogP contribution is -2.26. The average molecular weight is 886 g/mol. The van der Waals surface area contributed by atoms with Crippen LogP contribution in [0.4, 0.5) is 17.1 Å². The molecule has 0 atom stereocenters. The van der Waals surface area contributed by atoms with Gasteiger partial charge in [0.1, 0.15) is 0 Å². The topological polar surface area (TPSA) is 3.24 Å². The monoisotopic (exact) mass is 885 g/mol. The molecule has 0 fully saturated rings. The van der Waals surface area contributed by atoms with Gasteiger partial charge in [0, 0.05) is 16.8 Å². The van der Waals surface area contributed by atoms with Gasteiger partial charge in [-0.15, -0.1) is 0 Å². The van der Waals surface area contributed by atoms with Crippen molar-refractivity contribution in [2.75, 3.05) is 4.90 Å². The molecule has 13 aromatic carbocycles. The molecule has 0 saturated carbocycles. The SMILES string of the molecule is c1ccc(-c2ccccc2N(c2ccc3c4ccccc4c4ccccc4c3c2)c2cc3c(cc2-c2ccc4c(ccc5ccccc54)c2)-c2ccccc2C32c3ccccc3-c3ccccc32)cc1. The Morgan fingerprint density at radius 2 is 0.714 bits per heavy atom. The molecule has 0 radical (unpaired) electrons. The molecule has 0 bridgehead atoms. The van der Waals surface area contributed by atoms with Crippen molar-refractivity contribution < 1.29 is 0 Å². The van der Waals surface area contributed by atoms with E-state index >= 15 is 0 Å². The third-order valence-electron chi connectivity index (χ3n) is 15.6. The van der Waals surface area contributed by atoms with Crippen LogP contribution in [-0.2, 0) is 5.41 Å². The van der Waals surface area contributed by atoms with Gasteiger partial charge in [-0.1, -0.05) is 224 Å². The zero-order chi connectivity index (χ0) is 45.9. The lowest BCUT2D eigenvalue weighted by molar-refractivity contribution is 0.794. The summed E-state index contributed by atoms with van der Waals surface area (Å²) in [7, 11) is 0. The first-order chi connectivity index (χ1) is 34.7. The summed E-state index contributed by atoms with van der Waals surface area (Å²) in [5.41, 5.74) is 17.9. The molecule has 0 heterocycles. The van der Waals surface area contributed by atoms with E-state index < -0.39 is 5.41 Å². The standard InChI is InChI=1S/C69H43N/c1-2-18-44(19-3-1)51-22-13-17-33-67(51)70(48-37-39-56-54-25-7-6-23-52(54)53-24-8-9-26-55(53)61(56)41-48)68-43-66-62(42-60(68)47-36-38-50-46(40-47)35-34-45-20-4-5-21-49(45)50)59-29-12-16-32-65(59)69(66)63-30-14-10-27-57(63)58-28-11-15-31-64(58)69/h1-43H. The van der Waals surface area contributed by atoms with E-state index in [1.807, 2.05) is 0 Å². The molecule has 1 heteroatoms. The van der Waals surface area contributed by atoms with Crippen LogP contribution in [0.2, 0.25) is 0 Å². The van der Waals surface area contributed by atoms with Crippen molar-refractivity contribution in [2.24, 2.45) is 0 Å². The van der Waals surface area contributed by atoms with Crippen LogP contribution in [-0.4, -0.2) is 0 Å². The fourth-order valence-electron chi connectivity index (χ4n) is 12.7. The van der Waals surface area contributed by atoms with Gasteiger partial charge < -0.3 is 4.90 Å². The smallest absolute Gasteiger partial charge is 0.0726 e. The number of hydrogen-bond donors (Lipinski definition) is 0. The first kappa shape index (κ1) is 39.0. The summed E-state index contributed by atoms with van der Waals surface area (Å²) in [6.45, 7) is 0. The van der Waals surface area contributed by atoms with Gasteiger partial charge in [-0.2, -0.15) is 0 Å². The molecule has 15 rings (SSSR count). The summed E-state index contributed by atoms with van der Waals surface area (Å²) in [6, 6.07) is 97.9. The number of nitrogens with zero attached hydrogens (tertiary/aromatic N) is 1. The Kier molecular flexibility index (Phi) is 8.35. The van der Waals surface area contributed by atoms with Crippen molar-refractivity contribution in [1.82, 2.24) is 0 Å². The molecule has 0 aromatic heterocycles. The van der Waals surface area contributed by atoms with E-state index in [-0.39, 0.29) is 0 Å². The van der Waals surface area contributed by atoms with Crippen molar-refractivity contribution in [1.29, 1.82) is 0 Å². The Morgan fingerprint density at radius 1 is 0.229 bits per heavy atom. The maximum Gasteiger partial charge on any atom is 0.0726 e. The lowest BCUT2D eigenvalue weighted by atomic mass is 9.70. The molecule has 324 valence electrons. The van der Waals surface area contributed by atoms with Gasteiger partial charge >= 0.3 is 0 Å². The molecule has 2 aliphatic rings. The molecule has 0 saturated heterocycles. The van der Waals surface area contributed by atoms with Gasteiger partial charge in [0.2, 0.25) is 0 Å². The predicted molar refractivity (Wildman–Crippen MR) is 296 cm³/mol. The molecule has 0 N–H and O–H groups in total. The minimum absolute atomic E-state index is 0.530. The van der Waals surface area contributed by atoms with Crippen molar-refractivity contribution in [3.63, 3.8) is 0 Å². The van der Waals surface area contributed by atoms with Gasteiger partial charge in [-0.3, -0.25) is 0 Å². The number of benzene rings is 13. The maximum absolute atomic E-state index is 2.58. The highest BCUT2D eigenvalue weighted by Gasteiger charge is 2.52. The van der Waals surface area contributed by atoms with Gasteiger partial charge in [0.15, 0.2) is 0 Å². The third-order valence-corrected chi connectivity index (χ3v) is 15.6. The van der Waals surface area contributed by atoms with E-state index in [0.717, 1.165) is 22.6 Å². The zero-order valence-corrected chi connectivity index (χ0v) is 38.3. The molecule has 0 amide bonds. The lowest BCUT2D eigenvalue weighted by Gasteiger charge is -2.34. The number of rotatable bonds is 5. The van der Waals surface area contributed by atoms with Crippen molar-refractivity contribution >= 4 is 70.9 Å². The molecule has 0 unspecified atom stereocenters. The van der Waals surface area contributed by atoms with E-state index in [9.17, 15) is 0 Å². The Balaban J connectivity index is 1.10. The Hall–Kier alpha value is -9.04. The minimum atomic E-state index is -0.530. The van der Waals surface area contributed by atoms with Crippen LogP contribution in [0.1, 0.15) is 22.3 Å². The molecule has 1 nitrogen and oxygen atoms in total. The first-order valence-electron chi connectivity index (χ1n) is 24.4. The summed E-state index contributed by atoms with van der Waals surface area (Å²) in [5, 5.41) is 12.5. The van der Waals surface area contributed by atoms with Crippen LogP contribution in [0.3, 0.4) is 0 Å². The van der Waals surface area contributed by atoms with Gasteiger partial charge in [0.25, 0.3) is 0 Å². The Labute approximate surface area is 406 Å². The van der Waals surface area contributed by atoms with Crippen molar-refractivity contribution in [3.8, 4) is 44.5 Å². The number of anilines is 3. The molecular formula is C69H43N. The predicted octanol–water partition coefficient (Wildman–Crippen LogP) is 18.6. The van der Waals surface area contributed by atoms with Gasteiger partial charge in [-0.05, 0) is 146 Å². The summed E-state index contributed by atoms with van der Waals surface area (Å²) in [5.74, 6) is 0. The zero-order valence-electron chi connectivity index (χ0n) is 38.3. The summed E-state index contributed by atoms with van der Waals surface area (Å²) in [4.78, 5) is 2.58. The number of hydrogen-bond acceptors (Lipinski definition) is 1. The van der Waals surface area contributed by atoms with E-state index in [4.69, 9.17) is 0 Å². The normalized spacial score (nSPS) is 13.0. The third kappa shape index (κ3) is 5.43. The molecular weight excluding hydrogens is 843 g/mol. The average Bonchev–Trinajstić information content (AvgIpc) is 3.90. The van der Waals surface area contributed by atoms with Crippen molar-refractivity contribution in [2.45, 2.75) is 5.41 Å². The fraction of sp³-hybridized carbons (Fsp3) is 0.0145. The van der Waals surface area contributed by atoms with E-state index in [1.54, 1.807) is 0 Å². The first-order valence-corrected chi connectivity index (χ1v) is 24.4. The summed E-state index contributed by atoms with van der Waals surface area (Å²) < 4.78 is 0. The van der Waals surface area contributed by atoms with E-state index in [1.165, 1.54) is 115 Å². The summed E-state index contributed by atoms with van der Waals surface area (Å²) in [6.07, 6.45) is 0. The van der Waals surface area contributed by atoms with Crippen LogP contribution >= 0.6 is 0 Å². The largest absolute Gasteiger partial charge is 0.309 e. The second kappa shape index (κ2) is 15.0. The Morgan fingerprint density at radius 3 is 1.39 bits per heavy atom. The molecule has 70 heavy (non-hydrogen) atoms. The second-order valence-corrected chi connectivity index (χ2v) is 19.1. The molecule has 0 aliphatic heterocycles. The molecule has 13 aromatic rings. The van der Waals surface area contributed by atoms with Crippen molar-refractivity contribution in [3.05, 3.63) is 283 Å². The molecule has 2 aliphatic carbocycles. The maximum atomic E-state index is 2.58. The van der Waals surface area contributed by atoms with Crippen LogP contribution in [0.15, 0.2) is 261 Å². The van der Waals surface area contributed by atoms with Gasteiger partial charge in [-0.25, -0.2) is 0 Å². The quantitative estimate of drug-likeness (QED) is 0.156. The highest BCUT2D eigenvalue weighted by atomic mass is 15.1. The van der Waals surface area contributed by atoms with Crippen LogP contribution < -0.4 is 4.90 Å². The minimum Gasteiger partial charge on any atom is -0.309 e. The Bertz CT molecular complexity index is 4230. The number of fused-ring (bicyclic) bond motifs is 19. The highest BCUT2D eigenvalue weighted by molar-refractivity contribution is 6.26. The van der Waals surface area contributed by atoms with Gasteiger partial charge in [0.05, 0.1) is 16.8 Å². The van der Waals surface area contributed by atoms with Crippen LogP contribution in [0.25, 0.3) is 98.4 Å². The fourth-order valence-corrected chi connectivity index (χ4v) is 12.7. The second-order valence-electron chi connectivity index (χ2n) is 19.1. The molecule has 1 spiro atoms. The summed E-state index contributed by atoms with van der Waals surface area (Å²) >= 11 is 0. The van der Waals surface area contributed by atoms with Crippen LogP contribution in [0.5, 0.6) is 0 Å². The number of para-hydroxylation sites is 1. The highest BCUT2D eigenvalue weighted by Crippen LogP contribution is 2.64. The van der Waals surface area contributed by atoms with E-state index in [0.29, 0.717) is 0 Å². The van der Waals surface area contributed by atoms with Crippen LogP contribution in [0, 0.1) is 0 Å².